The zero-order valence-electron chi connectivity index (χ0n) is 9.28. The summed E-state index contributed by atoms with van der Waals surface area (Å²) in [6.45, 7) is 0.193. The lowest BCUT2D eigenvalue weighted by Crippen LogP contribution is -2.11. The number of methoxy groups -OCH3 is 1. The molecule has 1 N–H and O–H groups in total. The van der Waals surface area contributed by atoms with Crippen molar-refractivity contribution in [3.05, 3.63) is 4.88 Å². The standard InChI is InChI=1S/C10H16N2O2S/c1-12(2)9-11-8(14-3)7(15-9)10(6-13)4-5-10/h13H,4-6H2,1-3H3. The molecule has 1 saturated carbocycles. The van der Waals surface area contributed by atoms with E-state index in [2.05, 4.69) is 4.98 Å². The molecule has 0 atom stereocenters. The van der Waals surface area contributed by atoms with E-state index in [4.69, 9.17) is 4.74 Å². The first-order valence-electron chi connectivity index (χ1n) is 4.96. The van der Waals surface area contributed by atoms with Crippen LogP contribution in [0, 0.1) is 0 Å². The summed E-state index contributed by atoms with van der Waals surface area (Å²) in [6.07, 6.45) is 2.07. The van der Waals surface area contributed by atoms with Crippen LogP contribution in [0.4, 0.5) is 5.13 Å². The summed E-state index contributed by atoms with van der Waals surface area (Å²) in [5.74, 6) is 0.676. The Morgan fingerprint density at radius 1 is 1.53 bits per heavy atom. The van der Waals surface area contributed by atoms with Crippen molar-refractivity contribution in [1.29, 1.82) is 0 Å². The number of hydrogen-bond donors (Lipinski definition) is 1. The number of ether oxygens (including phenoxy) is 1. The van der Waals surface area contributed by atoms with Gasteiger partial charge in [-0.2, -0.15) is 4.98 Å². The van der Waals surface area contributed by atoms with Crippen LogP contribution in [0.2, 0.25) is 0 Å². The van der Waals surface area contributed by atoms with Crippen LogP contribution in [-0.4, -0.2) is 37.9 Å². The van der Waals surface area contributed by atoms with Gasteiger partial charge < -0.3 is 14.7 Å². The second kappa shape index (κ2) is 3.64. The van der Waals surface area contributed by atoms with Gasteiger partial charge in [-0.05, 0) is 12.8 Å². The minimum absolute atomic E-state index is 0.0583. The zero-order valence-corrected chi connectivity index (χ0v) is 10.1. The summed E-state index contributed by atoms with van der Waals surface area (Å²) in [6, 6.07) is 0. The average molecular weight is 228 g/mol. The first-order chi connectivity index (χ1) is 7.13. The highest BCUT2D eigenvalue weighted by Crippen LogP contribution is 2.54. The highest BCUT2D eigenvalue weighted by atomic mass is 32.1. The summed E-state index contributed by atoms with van der Waals surface area (Å²) in [5, 5.41) is 10.3. The second-order valence-corrected chi connectivity index (χ2v) is 5.15. The van der Waals surface area contributed by atoms with Crippen molar-refractivity contribution in [1.82, 2.24) is 4.98 Å². The van der Waals surface area contributed by atoms with Gasteiger partial charge in [0, 0.05) is 19.5 Å². The van der Waals surface area contributed by atoms with Crippen molar-refractivity contribution < 1.29 is 9.84 Å². The van der Waals surface area contributed by atoms with Gasteiger partial charge in [-0.3, -0.25) is 0 Å². The second-order valence-electron chi connectivity index (χ2n) is 4.17. The Morgan fingerprint density at radius 2 is 2.20 bits per heavy atom. The Morgan fingerprint density at radius 3 is 2.60 bits per heavy atom. The van der Waals surface area contributed by atoms with Crippen molar-refractivity contribution in [3.63, 3.8) is 0 Å². The summed E-state index contributed by atoms with van der Waals surface area (Å²) in [4.78, 5) is 7.45. The van der Waals surface area contributed by atoms with E-state index < -0.39 is 0 Å². The quantitative estimate of drug-likeness (QED) is 0.842. The molecule has 15 heavy (non-hydrogen) atoms. The van der Waals surface area contributed by atoms with Gasteiger partial charge in [0.05, 0.1) is 18.6 Å². The molecular weight excluding hydrogens is 212 g/mol. The molecule has 1 aromatic heterocycles. The summed E-state index contributed by atoms with van der Waals surface area (Å²) >= 11 is 1.62. The maximum Gasteiger partial charge on any atom is 0.230 e. The topological polar surface area (TPSA) is 45.6 Å². The lowest BCUT2D eigenvalue weighted by molar-refractivity contribution is 0.253. The van der Waals surface area contributed by atoms with E-state index >= 15 is 0 Å². The van der Waals surface area contributed by atoms with Crippen molar-refractivity contribution in [2.75, 3.05) is 32.7 Å². The maximum absolute atomic E-state index is 9.39. The molecule has 1 aliphatic rings. The lowest BCUT2D eigenvalue weighted by atomic mass is 10.1. The molecule has 0 spiro atoms. The Kier molecular flexibility index (Phi) is 2.60. The number of aromatic nitrogens is 1. The molecule has 0 bridgehead atoms. The highest BCUT2D eigenvalue weighted by molar-refractivity contribution is 7.16. The summed E-state index contributed by atoms with van der Waals surface area (Å²) in [7, 11) is 5.55. The number of thiazole rings is 1. The molecule has 0 radical (unpaired) electrons. The maximum atomic E-state index is 9.39. The molecule has 84 valence electrons. The molecule has 1 aromatic rings. The molecule has 0 saturated heterocycles. The zero-order chi connectivity index (χ0) is 11.1. The molecular formula is C10H16N2O2S. The Balaban J connectivity index is 2.37. The Labute approximate surface area is 93.5 Å². The predicted molar refractivity (Wildman–Crippen MR) is 61.0 cm³/mol. The molecule has 1 heterocycles. The van der Waals surface area contributed by atoms with Crippen LogP contribution < -0.4 is 9.64 Å². The van der Waals surface area contributed by atoms with Gasteiger partial charge >= 0.3 is 0 Å². The van der Waals surface area contributed by atoms with Gasteiger partial charge in [0.25, 0.3) is 0 Å². The summed E-state index contributed by atoms with van der Waals surface area (Å²) in [5.41, 5.74) is -0.0583. The minimum Gasteiger partial charge on any atom is -0.480 e. The van der Waals surface area contributed by atoms with Gasteiger partial charge in [-0.25, -0.2) is 0 Å². The van der Waals surface area contributed by atoms with Crippen LogP contribution in [0.3, 0.4) is 0 Å². The number of aliphatic hydroxyl groups is 1. The first-order valence-corrected chi connectivity index (χ1v) is 5.78. The Hall–Kier alpha value is -0.810. The fraction of sp³-hybridized carbons (Fsp3) is 0.700. The van der Waals surface area contributed by atoms with Crippen molar-refractivity contribution in [2.24, 2.45) is 0 Å². The Bertz CT molecular complexity index is 358. The summed E-state index contributed by atoms with van der Waals surface area (Å²) < 4.78 is 5.27. The average Bonchev–Trinajstić information content (AvgIpc) is 2.90. The van der Waals surface area contributed by atoms with Crippen molar-refractivity contribution in [2.45, 2.75) is 18.3 Å². The van der Waals surface area contributed by atoms with E-state index in [1.54, 1.807) is 18.4 Å². The van der Waals surface area contributed by atoms with Crippen LogP contribution in [0.25, 0.3) is 0 Å². The van der Waals surface area contributed by atoms with E-state index in [1.807, 2.05) is 19.0 Å². The fourth-order valence-corrected chi connectivity index (χ4v) is 2.76. The fourth-order valence-electron chi connectivity index (χ4n) is 1.57. The molecule has 2 rings (SSSR count). The van der Waals surface area contributed by atoms with Gasteiger partial charge in [-0.15, -0.1) is 0 Å². The van der Waals surface area contributed by atoms with E-state index in [0.717, 1.165) is 22.9 Å². The van der Waals surface area contributed by atoms with E-state index in [-0.39, 0.29) is 12.0 Å². The van der Waals surface area contributed by atoms with Gasteiger partial charge in [-0.1, -0.05) is 11.3 Å². The van der Waals surface area contributed by atoms with Gasteiger partial charge in [0.1, 0.15) is 0 Å². The molecule has 0 aromatic carbocycles. The van der Waals surface area contributed by atoms with Crippen molar-refractivity contribution in [3.8, 4) is 5.88 Å². The SMILES string of the molecule is COc1nc(N(C)C)sc1C1(CO)CC1. The smallest absolute Gasteiger partial charge is 0.230 e. The molecule has 5 heteroatoms. The van der Waals surface area contributed by atoms with Gasteiger partial charge in [0.15, 0.2) is 5.13 Å². The number of nitrogens with zero attached hydrogens (tertiary/aromatic N) is 2. The molecule has 1 aliphatic carbocycles. The van der Waals surface area contributed by atoms with Crippen LogP contribution in [-0.2, 0) is 5.41 Å². The van der Waals surface area contributed by atoms with Crippen LogP contribution >= 0.6 is 11.3 Å². The molecule has 1 fully saturated rings. The van der Waals surface area contributed by atoms with E-state index in [0.29, 0.717) is 5.88 Å². The van der Waals surface area contributed by atoms with Crippen molar-refractivity contribution >= 4 is 16.5 Å². The molecule has 0 aliphatic heterocycles. The lowest BCUT2D eigenvalue weighted by Gasteiger charge is -2.09. The molecule has 0 amide bonds. The van der Waals surface area contributed by atoms with Crippen LogP contribution in [0.5, 0.6) is 5.88 Å². The monoisotopic (exact) mass is 228 g/mol. The predicted octanol–water partition coefficient (Wildman–Crippen LogP) is 1.24. The van der Waals surface area contributed by atoms with E-state index in [9.17, 15) is 5.11 Å². The minimum atomic E-state index is -0.0583. The number of hydrogen-bond acceptors (Lipinski definition) is 5. The largest absolute Gasteiger partial charge is 0.480 e. The number of anilines is 1. The third-order valence-corrected chi connectivity index (χ3v) is 4.25. The third kappa shape index (κ3) is 1.70. The number of rotatable bonds is 4. The van der Waals surface area contributed by atoms with E-state index in [1.165, 1.54) is 0 Å². The molecule has 4 nitrogen and oxygen atoms in total. The third-order valence-electron chi connectivity index (χ3n) is 2.80. The van der Waals surface area contributed by atoms with Gasteiger partial charge in [0.2, 0.25) is 5.88 Å². The first kappa shape index (κ1) is 10.7. The normalized spacial score (nSPS) is 17.6. The highest BCUT2D eigenvalue weighted by Gasteiger charge is 2.48. The van der Waals surface area contributed by atoms with Crippen LogP contribution in [0.15, 0.2) is 0 Å². The van der Waals surface area contributed by atoms with Crippen LogP contribution in [0.1, 0.15) is 17.7 Å². The number of aliphatic hydroxyl groups excluding tert-OH is 1. The molecule has 0 unspecified atom stereocenters.